The lowest BCUT2D eigenvalue weighted by Gasteiger charge is -2.05. The van der Waals surface area contributed by atoms with Crippen LogP contribution in [0.3, 0.4) is 0 Å². The minimum atomic E-state index is -0.739. The van der Waals surface area contributed by atoms with E-state index in [1.165, 1.54) is 0 Å². The number of nitrogens with one attached hydrogen (secondary N) is 3. The van der Waals surface area contributed by atoms with Gasteiger partial charge in [-0.25, -0.2) is 4.98 Å². The zero-order valence-electron chi connectivity index (χ0n) is 10.1. The van der Waals surface area contributed by atoms with Crippen molar-refractivity contribution < 1.29 is 14.7 Å². The molecule has 0 atom stereocenters. The number of benzene rings is 1. The third-order valence-electron chi connectivity index (χ3n) is 2.50. The maximum atomic E-state index is 11.6. The molecule has 100 valence electrons. The van der Waals surface area contributed by atoms with Crippen molar-refractivity contribution in [2.45, 2.75) is 6.42 Å². The van der Waals surface area contributed by atoms with Crippen LogP contribution in [0.1, 0.15) is 6.42 Å². The van der Waals surface area contributed by atoms with Crippen molar-refractivity contribution in [1.82, 2.24) is 15.3 Å². The zero-order valence-corrected chi connectivity index (χ0v) is 10.1. The van der Waals surface area contributed by atoms with Gasteiger partial charge in [-0.3, -0.25) is 9.59 Å². The summed E-state index contributed by atoms with van der Waals surface area (Å²) in [5.41, 5.74) is 2.07. The maximum Gasteiger partial charge on any atom is 0.313 e. The highest BCUT2D eigenvalue weighted by Gasteiger charge is 2.13. The molecule has 2 rings (SSSR count). The van der Waals surface area contributed by atoms with Gasteiger partial charge in [-0.1, -0.05) is 0 Å². The second-order valence-corrected chi connectivity index (χ2v) is 3.92. The summed E-state index contributed by atoms with van der Waals surface area (Å²) in [5, 5.41) is 13.5. The number of fused-ring (bicyclic) bond motifs is 1. The van der Waals surface area contributed by atoms with Crippen LogP contribution in [0.4, 0.5) is 5.69 Å². The van der Waals surface area contributed by atoms with E-state index in [2.05, 4.69) is 20.6 Å². The van der Waals surface area contributed by atoms with Crippen LogP contribution < -0.4 is 10.6 Å². The fraction of sp³-hybridized carbons (Fsp3) is 0.250. The average molecular weight is 262 g/mol. The first-order valence-electron chi connectivity index (χ1n) is 5.84. The molecule has 0 spiro atoms. The second kappa shape index (κ2) is 5.96. The Morgan fingerprint density at radius 1 is 1.32 bits per heavy atom. The zero-order chi connectivity index (χ0) is 13.7. The van der Waals surface area contributed by atoms with Crippen molar-refractivity contribution in [3.8, 4) is 0 Å². The predicted octanol–water partition coefficient (Wildman–Crippen LogP) is -0.000000000000000167. The van der Waals surface area contributed by atoms with Gasteiger partial charge in [0.15, 0.2) is 0 Å². The molecule has 19 heavy (non-hydrogen) atoms. The molecule has 0 aliphatic rings. The fourth-order valence-corrected chi connectivity index (χ4v) is 1.56. The van der Waals surface area contributed by atoms with E-state index < -0.39 is 11.8 Å². The molecule has 4 N–H and O–H groups in total. The molecule has 1 aromatic heterocycles. The SMILES string of the molecule is O=C(NCCCO)C(=O)Nc1ccc2nc[nH]c2c1. The number of aromatic amines is 1. The third-order valence-corrected chi connectivity index (χ3v) is 2.50. The highest BCUT2D eigenvalue weighted by molar-refractivity contribution is 6.39. The number of hydrogen-bond donors (Lipinski definition) is 4. The standard InChI is InChI=1S/C12H14N4O3/c17-5-1-4-13-11(18)12(19)16-8-2-3-9-10(6-8)15-7-14-9/h2-3,6-7,17H,1,4-5H2,(H,13,18)(H,14,15)(H,16,19). The lowest BCUT2D eigenvalue weighted by Crippen LogP contribution is -2.36. The molecule has 0 saturated carbocycles. The van der Waals surface area contributed by atoms with Crippen molar-refractivity contribution in [1.29, 1.82) is 0 Å². The van der Waals surface area contributed by atoms with Crippen LogP contribution in [-0.2, 0) is 9.59 Å². The van der Waals surface area contributed by atoms with Crippen LogP contribution >= 0.6 is 0 Å². The smallest absolute Gasteiger partial charge is 0.313 e. The van der Waals surface area contributed by atoms with Gasteiger partial charge in [0.05, 0.1) is 17.4 Å². The highest BCUT2D eigenvalue weighted by Crippen LogP contribution is 2.15. The molecule has 1 heterocycles. The molecule has 0 radical (unpaired) electrons. The number of carbonyl (C=O) groups excluding carboxylic acids is 2. The number of amides is 2. The first-order valence-corrected chi connectivity index (χ1v) is 5.84. The number of imidazole rings is 1. The molecule has 0 bridgehead atoms. The second-order valence-electron chi connectivity index (χ2n) is 3.92. The van der Waals surface area contributed by atoms with E-state index in [0.717, 1.165) is 11.0 Å². The van der Waals surface area contributed by atoms with E-state index in [1.807, 2.05) is 0 Å². The molecular weight excluding hydrogens is 248 g/mol. The number of anilines is 1. The van der Waals surface area contributed by atoms with E-state index in [9.17, 15) is 9.59 Å². The normalized spacial score (nSPS) is 10.4. The number of carbonyl (C=O) groups is 2. The number of hydrogen-bond acceptors (Lipinski definition) is 4. The van der Waals surface area contributed by atoms with Crippen LogP contribution in [0, 0.1) is 0 Å². The summed E-state index contributed by atoms with van der Waals surface area (Å²) in [5.74, 6) is -1.46. The summed E-state index contributed by atoms with van der Waals surface area (Å²) in [6, 6.07) is 5.11. The van der Waals surface area contributed by atoms with Crippen molar-refractivity contribution >= 4 is 28.5 Å². The molecule has 1 aromatic carbocycles. The molecule has 2 aromatic rings. The van der Waals surface area contributed by atoms with Crippen LogP contribution in [0.15, 0.2) is 24.5 Å². The van der Waals surface area contributed by atoms with Crippen LogP contribution in [0.25, 0.3) is 11.0 Å². The summed E-state index contributed by atoms with van der Waals surface area (Å²) in [6.45, 7) is 0.237. The van der Waals surface area contributed by atoms with E-state index in [0.29, 0.717) is 12.1 Å². The van der Waals surface area contributed by atoms with Gasteiger partial charge < -0.3 is 20.7 Å². The number of aliphatic hydroxyl groups excluding tert-OH is 1. The van der Waals surface area contributed by atoms with Crippen LogP contribution in [0.2, 0.25) is 0 Å². The molecule has 7 nitrogen and oxygen atoms in total. The van der Waals surface area contributed by atoms with Crippen molar-refractivity contribution in [2.75, 3.05) is 18.5 Å². The Labute approximate surface area is 109 Å². The Bertz CT molecular complexity index is 593. The number of rotatable bonds is 4. The van der Waals surface area contributed by atoms with E-state index in [4.69, 9.17) is 5.11 Å². The summed E-state index contributed by atoms with van der Waals surface area (Å²) >= 11 is 0. The van der Waals surface area contributed by atoms with E-state index in [1.54, 1.807) is 24.5 Å². The summed E-state index contributed by atoms with van der Waals surface area (Å²) in [7, 11) is 0. The topological polar surface area (TPSA) is 107 Å². The Balaban J connectivity index is 1.95. The number of nitrogens with zero attached hydrogens (tertiary/aromatic N) is 1. The van der Waals surface area contributed by atoms with Gasteiger partial charge in [0.2, 0.25) is 0 Å². The quantitative estimate of drug-likeness (QED) is 0.459. The number of H-pyrrole nitrogens is 1. The minimum absolute atomic E-state index is 0.0294. The Hall–Kier alpha value is -2.41. The molecule has 0 fully saturated rings. The molecule has 0 aliphatic carbocycles. The summed E-state index contributed by atoms with van der Waals surface area (Å²) < 4.78 is 0. The first kappa shape index (κ1) is 13.0. The third kappa shape index (κ3) is 3.29. The average Bonchev–Trinajstić information content (AvgIpc) is 2.86. The molecule has 0 unspecified atom stereocenters. The molecule has 2 amide bonds. The van der Waals surface area contributed by atoms with Crippen LogP contribution in [0.5, 0.6) is 0 Å². The van der Waals surface area contributed by atoms with Gasteiger partial charge in [0.1, 0.15) is 0 Å². The summed E-state index contributed by atoms with van der Waals surface area (Å²) in [6.07, 6.45) is 1.97. The van der Waals surface area contributed by atoms with Gasteiger partial charge in [0, 0.05) is 18.8 Å². The van der Waals surface area contributed by atoms with Gasteiger partial charge in [-0.15, -0.1) is 0 Å². The largest absolute Gasteiger partial charge is 0.396 e. The Kier molecular flexibility index (Phi) is 4.09. The fourth-order valence-electron chi connectivity index (χ4n) is 1.56. The summed E-state index contributed by atoms with van der Waals surface area (Å²) in [4.78, 5) is 29.9. The highest BCUT2D eigenvalue weighted by atomic mass is 16.3. The van der Waals surface area contributed by atoms with Gasteiger partial charge in [0.25, 0.3) is 0 Å². The van der Waals surface area contributed by atoms with E-state index >= 15 is 0 Å². The molecule has 0 saturated heterocycles. The van der Waals surface area contributed by atoms with Gasteiger partial charge in [-0.2, -0.15) is 0 Å². The molecule has 0 aliphatic heterocycles. The van der Waals surface area contributed by atoms with Gasteiger partial charge >= 0.3 is 11.8 Å². The van der Waals surface area contributed by atoms with E-state index in [-0.39, 0.29) is 13.2 Å². The number of aromatic nitrogens is 2. The molecule has 7 heteroatoms. The van der Waals surface area contributed by atoms with Crippen molar-refractivity contribution in [3.63, 3.8) is 0 Å². The predicted molar refractivity (Wildman–Crippen MR) is 69.4 cm³/mol. The van der Waals surface area contributed by atoms with Crippen molar-refractivity contribution in [3.05, 3.63) is 24.5 Å². The minimum Gasteiger partial charge on any atom is -0.396 e. The Morgan fingerprint density at radius 2 is 2.16 bits per heavy atom. The Morgan fingerprint density at radius 3 is 2.95 bits per heavy atom. The number of aliphatic hydroxyl groups is 1. The van der Waals surface area contributed by atoms with Crippen LogP contribution in [-0.4, -0.2) is 40.0 Å². The first-order chi connectivity index (χ1) is 9.20. The van der Waals surface area contributed by atoms with Crippen molar-refractivity contribution in [2.24, 2.45) is 0 Å². The lowest BCUT2D eigenvalue weighted by atomic mass is 10.2. The maximum absolute atomic E-state index is 11.6. The molecular formula is C12H14N4O3. The lowest BCUT2D eigenvalue weighted by molar-refractivity contribution is -0.136. The van der Waals surface area contributed by atoms with Gasteiger partial charge in [-0.05, 0) is 24.6 Å². The monoisotopic (exact) mass is 262 g/mol.